The van der Waals surface area contributed by atoms with Crippen molar-refractivity contribution in [2.75, 3.05) is 5.32 Å². The van der Waals surface area contributed by atoms with E-state index in [4.69, 9.17) is 0 Å². The molecule has 0 unspecified atom stereocenters. The van der Waals surface area contributed by atoms with Crippen LogP contribution in [0.4, 0.5) is 10.1 Å². The highest BCUT2D eigenvalue weighted by molar-refractivity contribution is 9.10. The van der Waals surface area contributed by atoms with Crippen LogP contribution >= 0.6 is 15.9 Å². The monoisotopic (exact) mass is 330 g/mol. The molecular weight excluding hydrogens is 319 g/mol. The number of aromatic nitrogens is 1. The van der Waals surface area contributed by atoms with Crippen molar-refractivity contribution in [1.29, 1.82) is 0 Å². The Kier molecular flexibility index (Phi) is 3.65. The van der Waals surface area contributed by atoms with Gasteiger partial charge in [-0.2, -0.15) is 0 Å². The predicted molar refractivity (Wildman–Crippen MR) is 83.2 cm³/mol. The zero-order valence-corrected chi connectivity index (χ0v) is 12.2. The van der Waals surface area contributed by atoms with E-state index >= 15 is 0 Å². The molecule has 1 aromatic heterocycles. The fraction of sp³-hybridized carbons (Fsp3) is 0.0625. The SMILES string of the molecule is Fc1ccc(Br)c(CNc2cccc3cnccc23)c1. The quantitative estimate of drug-likeness (QED) is 0.749. The minimum Gasteiger partial charge on any atom is -0.380 e. The standard InChI is InChI=1S/C16H12BrFN2/c17-15-5-4-13(18)8-12(15)10-20-16-3-1-2-11-9-19-7-6-14(11)16/h1-9,20H,10H2. The van der Waals surface area contributed by atoms with Gasteiger partial charge >= 0.3 is 0 Å². The normalized spacial score (nSPS) is 10.7. The van der Waals surface area contributed by atoms with Crippen LogP contribution in [0.2, 0.25) is 0 Å². The summed E-state index contributed by atoms with van der Waals surface area (Å²) in [6.45, 7) is 0.555. The van der Waals surface area contributed by atoms with Crippen molar-refractivity contribution in [3.63, 3.8) is 0 Å². The van der Waals surface area contributed by atoms with E-state index in [0.717, 1.165) is 26.5 Å². The molecule has 0 aliphatic rings. The van der Waals surface area contributed by atoms with E-state index in [1.54, 1.807) is 12.3 Å². The molecule has 0 saturated carbocycles. The molecule has 0 saturated heterocycles. The first-order valence-corrected chi connectivity index (χ1v) is 7.04. The summed E-state index contributed by atoms with van der Waals surface area (Å²) < 4.78 is 14.2. The van der Waals surface area contributed by atoms with Gasteiger partial charge in [0.15, 0.2) is 0 Å². The summed E-state index contributed by atoms with van der Waals surface area (Å²) in [4.78, 5) is 4.11. The lowest BCUT2D eigenvalue weighted by Gasteiger charge is -2.11. The van der Waals surface area contributed by atoms with Crippen molar-refractivity contribution in [3.8, 4) is 0 Å². The molecule has 2 aromatic carbocycles. The van der Waals surface area contributed by atoms with Crippen molar-refractivity contribution < 1.29 is 4.39 Å². The Bertz CT molecular complexity index is 753. The first-order valence-electron chi connectivity index (χ1n) is 6.24. The van der Waals surface area contributed by atoms with Crippen LogP contribution in [-0.4, -0.2) is 4.98 Å². The molecule has 0 fully saturated rings. The summed E-state index contributed by atoms with van der Waals surface area (Å²) in [6.07, 6.45) is 3.60. The zero-order chi connectivity index (χ0) is 13.9. The van der Waals surface area contributed by atoms with Crippen LogP contribution in [0.3, 0.4) is 0 Å². The Morgan fingerprint density at radius 3 is 2.95 bits per heavy atom. The highest BCUT2D eigenvalue weighted by Gasteiger charge is 2.04. The fourth-order valence-corrected chi connectivity index (χ4v) is 2.53. The maximum atomic E-state index is 13.3. The van der Waals surface area contributed by atoms with Crippen LogP contribution in [-0.2, 0) is 6.54 Å². The average Bonchev–Trinajstić information content (AvgIpc) is 2.48. The van der Waals surface area contributed by atoms with Gasteiger partial charge in [0.25, 0.3) is 0 Å². The number of nitrogens with zero attached hydrogens (tertiary/aromatic N) is 1. The Morgan fingerprint density at radius 1 is 1.15 bits per heavy atom. The smallest absolute Gasteiger partial charge is 0.123 e. The van der Waals surface area contributed by atoms with Gasteiger partial charge < -0.3 is 5.32 Å². The molecule has 0 radical (unpaired) electrons. The van der Waals surface area contributed by atoms with E-state index in [-0.39, 0.29) is 5.82 Å². The van der Waals surface area contributed by atoms with E-state index in [1.807, 2.05) is 30.5 Å². The summed E-state index contributed by atoms with van der Waals surface area (Å²) in [5, 5.41) is 5.53. The van der Waals surface area contributed by atoms with Crippen LogP contribution in [0.15, 0.2) is 59.3 Å². The van der Waals surface area contributed by atoms with Crippen molar-refractivity contribution in [3.05, 3.63) is 70.7 Å². The van der Waals surface area contributed by atoms with Crippen LogP contribution in [0, 0.1) is 5.82 Å². The van der Waals surface area contributed by atoms with E-state index in [2.05, 4.69) is 26.2 Å². The second kappa shape index (κ2) is 5.59. The first kappa shape index (κ1) is 13.1. The maximum absolute atomic E-state index is 13.3. The van der Waals surface area contributed by atoms with Gasteiger partial charge in [-0.25, -0.2) is 4.39 Å². The van der Waals surface area contributed by atoms with Crippen molar-refractivity contribution in [2.24, 2.45) is 0 Å². The van der Waals surface area contributed by atoms with Gasteiger partial charge in [-0.05, 0) is 35.9 Å². The molecule has 20 heavy (non-hydrogen) atoms. The summed E-state index contributed by atoms with van der Waals surface area (Å²) in [6, 6.07) is 12.7. The van der Waals surface area contributed by atoms with Crippen LogP contribution < -0.4 is 5.32 Å². The molecule has 1 N–H and O–H groups in total. The number of fused-ring (bicyclic) bond motifs is 1. The molecule has 0 spiro atoms. The summed E-state index contributed by atoms with van der Waals surface area (Å²) in [5.74, 6) is -0.230. The lowest BCUT2D eigenvalue weighted by atomic mass is 10.1. The summed E-state index contributed by atoms with van der Waals surface area (Å²) in [5.41, 5.74) is 1.90. The van der Waals surface area contributed by atoms with Crippen LogP contribution in [0.5, 0.6) is 0 Å². The fourth-order valence-electron chi connectivity index (χ4n) is 2.15. The predicted octanol–water partition coefficient (Wildman–Crippen LogP) is 4.75. The van der Waals surface area contributed by atoms with Crippen LogP contribution in [0.1, 0.15) is 5.56 Å². The number of hydrogen-bond donors (Lipinski definition) is 1. The minimum atomic E-state index is -0.230. The molecule has 0 aliphatic carbocycles. The Balaban J connectivity index is 1.89. The van der Waals surface area contributed by atoms with Gasteiger partial charge in [0.1, 0.15) is 5.82 Å². The molecule has 100 valence electrons. The molecule has 0 amide bonds. The lowest BCUT2D eigenvalue weighted by molar-refractivity contribution is 0.625. The van der Waals surface area contributed by atoms with E-state index < -0.39 is 0 Å². The second-order valence-electron chi connectivity index (χ2n) is 4.49. The van der Waals surface area contributed by atoms with E-state index in [1.165, 1.54) is 12.1 Å². The molecule has 3 rings (SSSR count). The zero-order valence-electron chi connectivity index (χ0n) is 10.6. The number of nitrogens with one attached hydrogen (secondary N) is 1. The first-order chi connectivity index (χ1) is 9.74. The topological polar surface area (TPSA) is 24.9 Å². The lowest BCUT2D eigenvalue weighted by Crippen LogP contribution is -2.01. The average molecular weight is 331 g/mol. The largest absolute Gasteiger partial charge is 0.380 e. The minimum absolute atomic E-state index is 0.230. The third-order valence-corrected chi connectivity index (χ3v) is 3.93. The number of halogens is 2. The van der Waals surface area contributed by atoms with Gasteiger partial charge in [-0.1, -0.05) is 28.1 Å². The van der Waals surface area contributed by atoms with Gasteiger partial charge in [0, 0.05) is 39.9 Å². The number of rotatable bonds is 3. The van der Waals surface area contributed by atoms with Crippen molar-refractivity contribution in [2.45, 2.75) is 6.54 Å². The highest BCUT2D eigenvalue weighted by atomic mass is 79.9. The number of benzene rings is 2. The van der Waals surface area contributed by atoms with Crippen LogP contribution in [0.25, 0.3) is 10.8 Å². The Hall–Kier alpha value is -1.94. The summed E-state index contributed by atoms with van der Waals surface area (Å²) in [7, 11) is 0. The second-order valence-corrected chi connectivity index (χ2v) is 5.35. The van der Waals surface area contributed by atoms with Crippen molar-refractivity contribution in [1.82, 2.24) is 4.98 Å². The number of anilines is 1. The molecule has 0 atom stereocenters. The van der Waals surface area contributed by atoms with Gasteiger partial charge in [-0.15, -0.1) is 0 Å². The Morgan fingerprint density at radius 2 is 2.05 bits per heavy atom. The number of hydrogen-bond acceptors (Lipinski definition) is 2. The van der Waals surface area contributed by atoms with Gasteiger partial charge in [0.2, 0.25) is 0 Å². The third kappa shape index (κ3) is 2.65. The summed E-state index contributed by atoms with van der Waals surface area (Å²) >= 11 is 3.44. The van der Waals surface area contributed by atoms with E-state index in [9.17, 15) is 4.39 Å². The molecule has 0 bridgehead atoms. The molecule has 0 aliphatic heterocycles. The third-order valence-electron chi connectivity index (χ3n) is 3.16. The molecular formula is C16H12BrFN2. The molecule has 3 aromatic rings. The highest BCUT2D eigenvalue weighted by Crippen LogP contribution is 2.24. The van der Waals surface area contributed by atoms with Crippen molar-refractivity contribution >= 4 is 32.4 Å². The number of pyridine rings is 1. The molecule has 1 heterocycles. The van der Waals surface area contributed by atoms with Gasteiger partial charge in [0.05, 0.1) is 0 Å². The molecule has 4 heteroatoms. The maximum Gasteiger partial charge on any atom is 0.123 e. The Labute approximate surface area is 124 Å². The van der Waals surface area contributed by atoms with Gasteiger partial charge in [-0.3, -0.25) is 4.98 Å². The van der Waals surface area contributed by atoms with E-state index in [0.29, 0.717) is 6.54 Å². The molecule has 2 nitrogen and oxygen atoms in total.